The van der Waals surface area contributed by atoms with Crippen molar-refractivity contribution in [2.45, 2.75) is 0 Å². The van der Waals surface area contributed by atoms with Crippen molar-refractivity contribution < 1.29 is 4.79 Å². The van der Waals surface area contributed by atoms with Crippen molar-refractivity contribution in [1.82, 2.24) is 4.98 Å². The molecule has 0 atom stereocenters. The molecule has 0 bridgehead atoms. The molecule has 0 spiro atoms. The van der Waals surface area contributed by atoms with Crippen molar-refractivity contribution in [2.24, 2.45) is 0 Å². The first kappa shape index (κ1) is 8.78. The second-order valence-electron chi connectivity index (χ2n) is 2.66. The molecule has 0 aliphatic rings. The number of rotatable bonds is 1. The van der Waals surface area contributed by atoms with Gasteiger partial charge in [-0.05, 0) is 12.1 Å². The lowest BCUT2D eigenvalue weighted by molar-refractivity contribution is 0.112. The van der Waals surface area contributed by atoms with Gasteiger partial charge >= 0.3 is 0 Å². The van der Waals surface area contributed by atoms with Gasteiger partial charge in [0.25, 0.3) is 0 Å². The van der Waals surface area contributed by atoms with Gasteiger partial charge in [0, 0.05) is 15.4 Å². The van der Waals surface area contributed by atoms with Crippen LogP contribution in [-0.2, 0) is 0 Å². The van der Waals surface area contributed by atoms with Gasteiger partial charge in [0.2, 0.25) is 0 Å². The van der Waals surface area contributed by atoms with E-state index in [1.807, 2.05) is 18.2 Å². The normalized spacial score (nSPS) is 10.6. The van der Waals surface area contributed by atoms with Gasteiger partial charge in [-0.25, -0.2) is 0 Å². The molecule has 1 N–H and O–H groups in total. The topological polar surface area (TPSA) is 32.9 Å². The Morgan fingerprint density at radius 1 is 1.46 bits per heavy atom. The molecule has 13 heavy (non-hydrogen) atoms. The first-order valence-electron chi connectivity index (χ1n) is 3.64. The van der Waals surface area contributed by atoms with E-state index in [4.69, 9.17) is 11.6 Å². The van der Waals surface area contributed by atoms with E-state index in [9.17, 15) is 4.79 Å². The van der Waals surface area contributed by atoms with E-state index in [-0.39, 0.29) is 0 Å². The minimum atomic E-state index is 0.392. The number of halogens is 2. The van der Waals surface area contributed by atoms with Crippen LogP contribution in [0.1, 0.15) is 10.4 Å². The molecule has 66 valence electrons. The third-order valence-corrected chi connectivity index (χ3v) is 2.66. The second-order valence-corrected chi connectivity index (χ2v) is 3.95. The Morgan fingerprint density at radius 2 is 2.23 bits per heavy atom. The molecule has 0 unspecified atom stereocenters. The number of H-pyrrole nitrogens is 1. The van der Waals surface area contributed by atoms with Crippen LogP contribution in [0.25, 0.3) is 10.9 Å². The molecule has 0 aliphatic carbocycles. The van der Waals surface area contributed by atoms with Crippen LogP contribution in [0, 0.1) is 0 Å². The quantitative estimate of drug-likeness (QED) is 0.781. The maximum Gasteiger partial charge on any atom is 0.153 e. The van der Waals surface area contributed by atoms with E-state index >= 15 is 0 Å². The van der Waals surface area contributed by atoms with Gasteiger partial charge < -0.3 is 4.98 Å². The molecule has 0 saturated carbocycles. The largest absolute Gasteiger partial charge is 0.345 e. The predicted octanol–water partition coefficient (Wildman–Crippen LogP) is 3.40. The lowest BCUT2D eigenvalue weighted by atomic mass is 10.2. The fourth-order valence-corrected chi connectivity index (χ4v) is 1.88. The Morgan fingerprint density at radius 3 is 2.92 bits per heavy atom. The Bertz CT molecular complexity index is 478. The van der Waals surface area contributed by atoms with E-state index in [1.165, 1.54) is 0 Å². The Hall–Kier alpha value is -0.800. The molecule has 0 radical (unpaired) electrons. The molecule has 2 rings (SSSR count). The number of fused-ring (bicyclic) bond motifs is 1. The molecular weight excluding hydrogens is 253 g/mol. The molecule has 0 amide bonds. The standard InChI is InChI=1S/C9H5BrClNO/c10-5-1-2-6-7(4-13)9(11)12-8(6)3-5/h1-4,12H. The fourth-order valence-electron chi connectivity index (χ4n) is 1.27. The maximum atomic E-state index is 10.7. The summed E-state index contributed by atoms with van der Waals surface area (Å²) in [6.45, 7) is 0. The molecule has 0 fully saturated rings. The lowest BCUT2D eigenvalue weighted by Crippen LogP contribution is -1.75. The first-order chi connectivity index (χ1) is 6.22. The summed E-state index contributed by atoms with van der Waals surface area (Å²) in [5.74, 6) is 0. The zero-order valence-electron chi connectivity index (χ0n) is 6.47. The highest BCUT2D eigenvalue weighted by Crippen LogP contribution is 2.26. The average Bonchev–Trinajstić information content (AvgIpc) is 2.39. The maximum absolute atomic E-state index is 10.7. The number of carbonyl (C=O) groups excluding carboxylic acids is 1. The van der Waals surface area contributed by atoms with Gasteiger partial charge in [-0.3, -0.25) is 4.79 Å². The zero-order chi connectivity index (χ0) is 9.42. The highest BCUT2D eigenvalue weighted by Gasteiger charge is 2.08. The van der Waals surface area contributed by atoms with Crippen molar-refractivity contribution >= 4 is 44.7 Å². The van der Waals surface area contributed by atoms with Crippen molar-refractivity contribution in [3.8, 4) is 0 Å². The Kier molecular flexibility index (Phi) is 2.14. The second kappa shape index (κ2) is 3.16. The van der Waals surface area contributed by atoms with Crippen molar-refractivity contribution in [3.63, 3.8) is 0 Å². The van der Waals surface area contributed by atoms with Crippen LogP contribution >= 0.6 is 27.5 Å². The number of hydrogen-bond donors (Lipinski definition) is 1. The van der Waals surface area contributed by atoms with Crippen LogP contribution in [-0.4, -0.2) is 11.3 Å². The van der Waals surface area contributed by atoms with Gasteiger partial charge in [-0.2, -0.15) is 0 Å². The van der Waals surface area contributed by atoms with E-state index in [2.05, 4.69) is 20.9 Å². The fraction of sp³-hybridized carbons (Fsp3) is 0. The van der Waals surface area contributed by atoms with E-state index < -0.39 is 0 Å². The summed E-state index contributed by atoms with van der Waals surface area (Å²) in [7, 11) is 0. The van der Waals surface area contributed by atoms with Gasteiger partial charge in [0.15, 0.2) is 6.29 Å². The van der Waals surface area contributed by atoms with Crippen molar-refractivity contribution in [3.05, 3.63) is 33.4 Å². The SMILES string of the molecule is O=Cc1c(Cl)[nH]c2cc(Br)ccc12. The smallest absolute Gasteiger partial charge is 0.153 e. The van der Waals surface area contributed by atoms with Crippen LogP contribution in [0.5, 0.6) is 0 Å². The number of hydrogen-bond acceptors (Lipinski definition) is 1. The summed E-state index contributed by atoms with van der Waals surface area (Å²) in [5.41, 5.74) is 1.38. The summed E-state index contributed by atoms with van der Waals surface area (Å²) < 4.78 is 0.954. The summed E-state index contributed by atoms with van der Waals surface area (Å²) in [6, 6.07) is 5.61. The third-order valence-electron chi connectivity index (χ3n) is 1.87. The van der Waals surface area contributed by atoms with E-state index in [0.717, 1.165) is 21.7 Å². The van der Waals surface area contributed by atoms with Gasteiger partial charge in [-0.15, -0.1) is 0 Å². The van der Waals surface area contributed by atoms with Crippen LogP contribution in [0.3, 0.4) is 0 Å². The Labute approximate surface area is 88.0 Å². The molecular formula is C9H5BrClNO. The number of benzene rings is 1. The molecule has 1 aromatic heterocycles. The summed E-state index contributed by atoms with van der Waals surface area (Å²) >= 11 is 9.15. The van der Waals surface area contributed by atoms with Crippen LogP contribution in [0.2, 0.25) is 5.15 Å². The number of aromatic nitrogens is 1. The summed E-state index contributed by atoms with van der Waals surface area (Å²) in [6.07, 6.45) is 0.759. The summed E-state index contributed by atoms with van der Waals surface area (Å²) in [4.78, 5) is 13.6. The molecule has 1 aromatic carbocycles. The van der Waals surface area contributed by atoms with Gasteiger partial charge in [-0.1, -0.05) is 33.6 Å². The highest BCUT2D eigenvalue weighted by atomic mass is 79.9. The number of aromatic amines is 1. The highest BCUT2D eigenvalue weighted by molar-refractivity contribution is 9.10. The number of carbonyl (C=O) groups is 1. The van der Waals surface area contributed by atoms with Gasteiger partial charge in [0.1, 0.15) is 5.15 Å². The van der Waals surface area contributed by atoms with Crippen LogP contribution in [0.4, 0.5) is 0 Å². The van der Waals surface area contributed by atoms with Crippen LogP contribution in [0.15, 0.2) is 22.7 Å². The Balaban J connectivity index is 2.86. The number of nitrogens with one attached hydrogen (secondary N) is 1. The molecule has 4 heteroatoms. The number of aldehydes is 1. The monoisotopic (exact) mass is 257 g/mol. The third kappa shape index (κ3) is 1.38. The van der Waals surface area contributed by atoms with E-state index in [0.29, 0.717) is 10.7 Å². The molecule has 0 aliphatic heterocycles. The molecule has 2 aromatic rings. The molecule has 1 heterocycles. The van der Waals surface area contributed by atoms with Crippen molar-refractivity contribution in [1.29, 1.82) is 0 Å². The lowest BCUT2D eigenvalue weighted by Gasteiger charge is -1.90. The zero-order valence-corrected chi connectivity index (χ0v) is 8.82. The summed E-state index contributed by atoms with van der Waals surface area (Å²) in [5, 5.41) is 1.24. The predicted molar refractivity (Wildman–Crippen MR) is 56.4 cm³/mol. The minimum Gasteiger partial charge on any atom is -0.345 e. The van der Waals surface area contributed by atoms with Gasteiger partial charge in [0.05, 0.1) is 5.56 Å². The average molecular weight is 259 g/mol. The van der Waals surface area contributed by atoms with Crippen molar-refractivity contribution in [2.75, 3.05) is 0 Å². The minimum absolute atomic E-state index is 0.392. The molecule has 0 saturated heterocycles. The van der Waals surface area contributed by atoms with Crippen LogP contribution < -0.4 is 0 Å². The first-order valence-corrected chi connectivity index (χ1v) is 4.81. The molecule has 2 nitrogen and oxygen atoms in total. The van der Waals surface area contributed by atoms with E-state index in [1.54, 1.807) is 0 Å².